The molecule has 0 amide bonds. The maximum Gasteiger partial charge on any atom is 0.216 e. The van der Waals surface area contributed by atoms with E-state index in [4.69, 9.17) is 11.6 Å². The number of pyridine rings is 2. The molecule has 3 aromatic rings. The van der Waals surface area contributed by atoms with Crippen molar-refractivity contribution in [1.82, 2.24) is 14.7 Å². The molecule has 1 N–H and O–H groups in total. The molecule has 128 valence electrons. The molecule has 0 aliphatic rings. The molecule has 0 atom stereocenters. The number of hydrogen-bond acceptors (Lipinski definition) is 4. The van der Waals surface area contributed by atoms with Crippen LogP contribution in [0, 0.1) is 0 Å². The lowest BCUT2D eigenvalue weighted by molar-refractivity contribution is 0.580. The molecular formula is C18H16ClN3O2S. The molecule has 0 radical (unpaired) electrons. The third kappa shape index (κ3) is 4.85. The Hall–Kier alpha value is -2.28. The van der Waals surface area contributed by atoms with Crippen LogP contribution in [-0.4, -0.2) is 18.4 Å². The predicted molar refractivity (Wildman–Crippen MR) is 98.4 cm³/mol. The summed E-state index contributed by atoms with van der Waals surface area (Å²) in [7, 11) is -3.50. The fourth-order valence-corrected chi connectivity index (χ4v) is 3.74. The molecule has 2 heterocycles. The summed E-state index contributed by atoms with van der Waals surface area (Å²) >= 11 is 5.91. The van der Waals surface area contributed by atoms with E-state index in [1.54, 1.807) is 48.9 Å². The van der Waals surface area contributed by atoms with Gasteiger partial charge in [-0.15, -0.1) is 0 Å². The summed E-state index contributed by atoms with van der Waals surface area (Å²) in [5.41, 5.74) is 2.97. The van der Waals surface area contributed by atoms with Gasteiger partial charge in [0.05, 0.1) is 11.4 Å². The standard InChI is InChI=1S/C18H16ClN3O2S/c19-17-7-1-4-14(10-17)13-25(23,24)22-12-16-6-3-9-21-18(16)15-5-2-8-20-11-15/h1-11,22H,12-13H2. The van der Waals surface area contributed by atoms with Gasteiger partial charge < -0.3 is 0 Å². The third-order valence-electron chi connectivity index (χ3n) is 3.55. The fourth-order valence-electron chi connectivity index (χ4n) is 2.43. The third-order valence-corrected chi connectivity index (χ3v) is 5.09. The maximum atomic E-state index is 12.3. The molecule has 1 aromatic carbocycles. The summed E-state index contributed by atoms with van der Waals surface area (Å²) in [5, 5.41) is 0.513. The number of nitrogens with one attached hydrogen (secondary N) is 1. The minimum Gasteiger partial charge on any atom is -0.264 e. The van der Waals surface area contributed by atoms with Crippen LogP contribution in [0.25, 0.3) is 11.3 Å². The first-order valence-electron chi connectivity index (χ1n) is 7.59. The molecule has 2 aromatic heterocycles. The minimum absolute atomic E-state index is 0.129. The lowest BCUT2D eigenvalue weighted by Gasteiger charge is -2.10. The fraction of sp³-hybridized carbons (Fsp3) is 0.111. The van der Waals surface area contributed by atoms with E-state index >= 15 is 0 Å². The number of rotatable bonds is 6. The van der Waals surface area contributed by atoms with Crippen molar-refractivity contribution in [2.45, 2.75) is 12.3 Å². The van der Waals surface area contributed by atoms with Gasteiger partial charge in [0.1, 0.15) is 0 Å². The van der Waals surface area contributed by atoms with Gasteiger partial charge in [-0.25, -0.2) is 13.1 Å². The highest BCUT2D eigenvalue weighted by Crippen LogP contribution is 2.20. The van der Waals surface area contributed by atoms with Crippen molar-refractivity contribution in [3.63, 3.8) is 0 Å². The Bertz CT molecular complexity index is 963. The van der Waals surface area contributed by atoms with Crippen LogP contribution in [0.2, 0.25) is 5.02 Å². The largest absolute Gasteiger partial charge is 0.264 e. The zero-order valence-corrected chi connectivity index (χ0v) is 14.8. The number of halogens is 1. The summed E-state index contributed by atoms with van der Waals surface area (Å²) < 4.78 is 27.3. The molecule has 0 unspecified atom stereocenters. The number of nitrogens with zero attached hydrogens (tertiary/aromatic N) is 2. The van der Waals surface area contributed by atoms with Crippen LogP contribution < -0.4 is 4.72 Å². The molecule has 25 heavy (non-hydrogen) atoms. The van der Waals surface area contributed by atoms with Gasteiger partial charge in [-0.3, -0.25) is 9.97 Å². The second-order valence-corrected chi connectivity index (χ2v) is 7.71. The monoisotopic (exact) mass is 373 g/mol. The smallest absolute Gasteiger partial charge is 0.216 e. The molecule has 7 heteroatoms. The topological polar surface area (TPSA) is 72.0 Å². The van der Waals surface area contributed by atoms with Gasteiger partial charge in [0, 0.05) is 35.7 Å². The average molecular weight is 374 g/mol. The van der Waals surface area contributed by atoms with Crippen LogP contribution in [0.3, 0.4) is 0 Å². The summed E-state index contributed by atoms with van der Waals surface area (Å²) in [4.78, 5) is 8.44. The van der Waals surface area contributed by atoms with Gasteiger partial charge in [-0.05, 0) is 41.5 Å². The van der Waals surface area contributed by atoms with Crippen molar-refractivity contribution in [2.75, 3.05) is 0 Å². The average Bonchev–Trinajstić information content (AvgIpc) is 2.61. The van der Waals surface area contributed by atoms with Crippen molar-refractivity contribution in [2.24, 2.45) is 0 Å². The summed E-state index contributed by atoms with van der Waals surface area (Å²) in [6, 6.07) is 14.1. The van der Waals surface area contributed by atoms with Crippen molar-refractivity contribution < 1.29 is 8.42 Å². The van der Waals surface area contributed by atoms with Crippen LogP contribution in [-0.2, 0) is 22.3 Å². The lowest BCUT2D eigenvalue weighted by Crippen LogP contribution is -2.25. The van der Waals surface area contributed by atoms with Crippen molar-refractivity contribution >= 4 is 21.6 Å². The molecule has 0 aliphatic heterocycles. The normalized spacial score (nSPS) is 11.4. The van der Waals surface area contributed by atoms with Gasteiger partial charge in [0.2, 0.25) is 10.0 Å². The van der Waals surface area contributed by atoms with E-state index in [9.17, 15) is 8.42 Å². The van der Waals surface area contributed by atoms with E-state index < -0.39 is 10.0 Å². The van der Waals surface area contributed by atoms with Gasteiger partial charge in [0.25, 0.3) is 0 Å². The van der Waals surface area contributed by atoms with Crippen LogP contribution in [0.5, 0.6) is 0 Å². The van der Waals surface area contributed by atoms with E-state index in [1.807, 2.05) is 18.2 Å². The van der Waals surface area contributed by atoms with Crippen LogP contribution in [0.4, 0.5) is 0 Å². The second-order valence-electron chi connectivity index (χ2n) is 5.46. The first-order valence-corrected chi connectivity index (χ1v) is 9.62. The molecule has 0 spiro atoms. The summed E-state index contributed by atoms with van der Waals surface area (Å²) in [5.74, 6) is -0.129. The molecule has 0 bridgehead atoms. The SMILES string of the molecule is O=S(=O)(Cc1cccc(Cl)c1)NCc1cccnc1-c1cccnc1. The molecule has 0 saturated carbocycles. The number of benzene rings is 1. The van der Waals surface area contributed by atoms with Gasteiger partial charge >= 0.3 is 0 Å². The van der Waals surface area contributed by atoms with Crippen molar-refractivity contribution in [3.8, 4) is 11.3 Å². The van der Waals surface area contributed by atoms with Gasteiger partial charge in [-0.2, -0.15) is 0 Å². The summed E-state index contributed by atoms with van der Waals surface area (Å²) in [6.45, 7) is 0.154. The predicted octanol–water partition coefficient (Wildman–Crippen LogP) is 3.42. The van der Waals surface area contributed by atoms with Crippen LogP contribution in [0.15, 0.2) is 67.1 Å². The molecule has 0 saturated heterocycles. The molecule has 0 aliphatic carbocycles. The Kier molecular flexibility index (Phi) is 5.43. The van der Waals surface area contributed by atoms with Gasteiger partial charge in [0.15, 0.2) is 0 Å². The highest BCUT2D eigenvalue weighted by Gasteiger charge is 2.14. The Labute approximate surface area is 151 Å². The Morgan fingerprint density at radius 2 is 1.88 bits per heavy atom. The Balaban J connectivity index is 1.75. The van der Waals surface area contributed by atoms with E-state index in [0.717, 1.165) is 11.1 Å². The number of sulfonamides is 1. The molecular weight excluding hydrogens is 358 g/mol. The van der Waals surface area contributed by atoms with Gasteiger partial charge in [-0.1, -0.05) is 29.8 Å². The van der Waals surface area contributed by atoms with Crippen molar-refractivity contribution in [1.29, 1.82) is 0 Å². The molecule has 0 fully saturated rings. The maximum absolute atomic E-state index is 12.3. The lowest BCUT2D eigenvalue weighted by atomic mass is 10.1. The first kappa shape index (κ1) is 17.5. The van der Waals surface area contributed by atoms with E-state index in [0.29, 0.717) is 16.3 Å². The van der Waals surface area contributed by atoms with Crippen LogP contribution in [0.1, 0.15) is 11.1 Å². The van der Waals surface area contributed by atoms with Crippen molar-refractivity contribution in [3.05, 3.63) is 83.3 Å². The Morgan fingerprint density at radius 1 is 1.04 bits per heavy atom. The van der Waals surface area contributed by atoms with E-state index in [2.05, 4.69) is 14.7 Å². The quantitative estimate of drug-likeness (QED) is 0.718. The first-order chi connectivity index (χ1) is 12.0. The second kappa shape index (κ2) is 7.74. The molecule has 3 rings (SSSR count). The number of aromatic nitrogens is 2. The molecule has 5 nitrogen and oxygen atoms in total. The number of hydrogen-bond donors (Lipinski definition) is 1. The highest BCUT2D eigenvalue weighted by molar-refractivity contribution is 7.88. The van der Waals surface area contributed by atoms with E-state index in [-0.39, 0.29) is 12.3 Å². The zero-order valence-electron chi connectivity index (χ0n) is 13.3. The van der Waals surface area contributed by atoms with E-state index in [1.165, 1.54) is 0 Å². The Morgan fingerprint density at radius 3 is 2.64 bits per heavy atom. The highest BCUT2D eigenvalue weighted by atomic mass is 35.5. The summed E-state index contributed by atoms with van der Waals surface area (Å²) in [6.07, 6.45) is 5.05. The minimum atomic E-state index is -3.50. The van der Waals surface area contributed by atoms with Crippen LogP contribution >= 0.6 is 11.6 Å². The zero-order chi connectivity index (χ0) is 17.7.